The van der Waals surface area contributed by atoms with E-state index >= 15 is 0 Å². The molecule has 134 valence electrons. The predicted octanol–water partition coefficient (Wildman–Crippen LogP) is 2.95. The zero-order valence-corrected chi connectivity index (χ0v) is 15.3. The van der Waals surface area contributed by atoms with Crippen molar-refractivity contribution in [1.29, 1.82) is 0 Å². The number of rotatable bonds is 6. The highest BCUT2D eigenvalue weighted by atomic mass is 16.3. The van der Waals surface area contributed by atoms with Crippen molar-refractivity contribution in [3.05, 3.63) is 45.7 Å². The van der Waals surface area contributed by atoms with Crippen LogP contribution in [0.5, 0.6) is 0 Å². The molecule has 5 heteroatoms. The van der Waals surface area contributed by atoms with Gasteiger partial charge in [0.2, 0.25) is 5.95 Å². The summed E-state index contributed by atoms with van der Waals surface area (Å²) in [6.45, 7) is 7.55. The van der Waals surface area contributed by atoms with Crippen LogP contribution in [-0.2, 0) is 18.4 Å². The van der Waals surface area contributed by atoms with Crippen LogP contribution < -0.4 is 10.9 Å². The van der Waals surface area contributed by atoms with Crippen LogP contribution >= 0.6 is 0 Å². The molecular weight excluding hydrogens is 314 g/mol. The molecule has 0 fully saturated rings. The fourth-order valence-electron chi connectivity index (χ4n) is 3.72. The highest BCUT2D eigenvalue weighted by molar-refractivity contribution is 5.72. The van der Waals surface area contributed by atoms with Gasteiger partial charge < -0.3 is 10.4 Å². The Balaban J connectivity index is 2.24. The Morgan fingerprint density at radius 2 is 2.08 bits per heavy atom. The maximum atomic E-state index is 13.3. The number of hydrogen-bond donors (Lipinski definition) is 2. The van der Waals surface area contributed by atoms with Crippen LogP contribution in [0.15, 0.2) is 29.1 Å². The van der Waals surface area contributed by atoms with Gasteiger partial charge in [0.25, 0.3) is 5.56 Å². The summed E-state index contributed by atoms with van der Waals surface area (Å²) in [5, 5.41) is 12.2. The van der Waals surface area contributed by atoms with E-state index in [2.05, 4.69) is 31.3 Å². The van der Waals surface area contributed by atoms with Gasteiger partial charge in [-0.15, -0.1) is 0 Å². The van der Waals surface area contributed by atoms with Crippen molar-refractivity contribution in [2.24, 2.45) is 0 Å². The normalized spacial score (nSPS) is 18.6. The number of fused-ring (bicyclic) bond motifs is 3. The zero-order chi connectivity index (χ0) is 18.0. The highest BCUT2D eigenvalue weighted by Gasteiger charge is 2.38. The fraction of sp³-hybridized carbons (Fsp3) is 0.500. The molecule has 1 atom stereocenters. The van der Waals surface area contributed by atoms with Crippen LogP contribution in [0.2, 0.25) is 0 Å². The number of aliphatic hydroxyl groups excluding tert-OH is 1. The van der Waals surface area contributed by atoms with Gasteiger partial charge in [-0.25, -0.2) is 4.98 Å². The quantitative estimate of drug-likeness (QED) is 0.793. The van der Waals surface area contributed by atoms with E-state index in [1.54, 1.807) is 4.57 Å². The van der Waals surface area contributed by atoms with E-state index < -0.39 is 0 Å². The number of aromatic nitrogens is 2. The first kappa shape index (κ1) is 17.7. The van der Waals surface area contributed by atoms with Crippen molar-refractivity contribution >= 4 is 5.95 Å². The molecular formula is C20H27N3O2. The average Bonchev–Trinajstić information content (AvgIpc) is 2.62. The summed E-state index contributed by atoms with van der Waals surface area (Å²) in [6, 6.07) is 8.25. The van der Waals surface area contributed by atoms with Gasteiger partial charge in [-0.3, -0.25) is 9.36 Å². The second-order valence-corrected chi connectivity index (χ2v) is 6.96. The summed E-state index contributed by atoms with van der Waals surface area (Å²) in [7, 11) is 0. The number of anilines is 1. The second kappa shape index (κ2) is 7.00. The molecule has 0 saturated heterocycles. The lowest BCUT2D eigenvalue weighted by Gasteiger charge is -2.35. The van der Waals surface area contributed by atoms with Crippen molar-refractivity contribution < 1.29 is 5.11 Å². The molecule has 1 aliphatic carbocycles. The fourth-order valence-corrected chi connectivity index (χ4v) is 3.72. The lowest BCUT2D eigenvalue weighted by atomic mass is 9.69. The average molecular weight is 341 g/mol. The summed E-state index contributed by atoms with van der Waals surface area (Å²) >= 11 is 0. The van der Waals surface area contributed by atoms with Crippen molar-refractivity contribution in [2.75, 3.05) is 18.5 Å². The van der Waals surface area contributed by atoms with E-state index in [0.717, 1.165) is 29.7 Å². The Morgan fingerprint density at radius 1 is 1.32 bits per heavy atom. The SMILES string of the molecule is CCn1c(NCCCO)nc2c(c1=O)[C@@](C)(CC)Cc1ccccc1-2. The third-order valence-electron chi connectivity index (χ3n) is 5.34. The Labute approximate surface area is 148 Å². The summed E-state index contributed by atoms with van der Waals surface area (Å²) in [5.41, 5.74) is 3.82. The van der Waals surface area contributed by atoms with Gasteiger partial charge in [0.05, 0.1) is 11.3 Å². The Hall–Kier alpha value is -2.14. The van der Waals surface area contributed by atoms with Gasteiger partial charge in [-0.2, -0.15) is 0 Å². The first-order valence-corrected chi connectivity index (χ1v) is 9.14. The maximum Gasteiger partial charge on any atom is 0.259 e. The molecule has 3 rings (SSSR count). The third kappa shape index (κ3) is 2.97. The molecule has 1 aromatic heterocycles. The Bertz CT molecular complexity index is 828. The molecule has 1 heterocycles. The molecule has 5 nitrogen and oxygen atoms in total. The van der Waals surface area contributed by atoms with E-state index in [1.807, 2.05) is 19.1 Å². The number of aliphatic hydroxyl groups is 1. The number of hydrogen-bond acceptors (Lipinski definition) is 4. The van der Waals surface area contributed by atoms with Gasteiger partial charge >= 0.3 is 0 Å². The first-order chi connectivity index (χ1) is 12.1. The molecule has 0 saturated carbocycles. The van der Waals surface area contributed by atoms with E-state index in [-0.39, 0.29) is 17.6 Å². The zero-order valence-electron chi connectivity index (χ0n) is 15.3. The van der Waals surface area contributed by atoms with Crippen LogP contribution in [0, 0.1) is 0 Å². The summed E-state index contributed by atoms with van der Waals surface area (Å²) in [4.78, 5) is 18.2. The van der Waals surface area contributed by atoms with Crippen molar-refractivity contribution in [3.63, 3.8) is 0 Å². The van der Waals surface area contributed by atoms with Gasteiger partial charge in [-0.05, 0) is 31.7 Å². The minimum Gasteiger partial charge on any atom is -0.396 e. The van der Waals surface area contributed by atoms with Crippen molar-refractivity contribution in [2.45, 2.75) is 52.0 Å². The number of nitrogens with one attached hydrogen (secondary N) is 1. The molecule has 0 amide bonds. The summed E-state index contributed by atoms with van der Waals surface area (Å²) in [6.07, 6.45) is 2.39. The largest absolute Gasteiger partial charge is 0.396 e. The molecule has 0 unspecified atom stereocenters. The first-order valence-electron chi connectivity index (χ1n) is 9.14. The number of nitrogens with zero attached hydrogens (tertiary/aromatic N) is 2. The maximum absolute atomic E-state index is 13.3. The van der Waals surface area contributed by atoms with E-state index in [4.69, 9.17) is 10.1 Å². The van der Waals surface area contributed by atoms with E-state index in [9.17, 15) is 4.79 Å². The van der Waals surface area contributed by atoms with Crippen LogP contribution in [0.1, 0.15) is 44.7 Å². The standard InChI is InChI=1S/C20H27N3O2/c1-4-20(3)13-14-9-6-7-10-15(14)17-16(20)18(25)23(5-2)19(22-17)21-11-8-12-24/h6-7,9-10,24H,4-5,8,11-13H2,1-3H3,(H,21,22)/t20-/m0/s1. The second-order valence-electron chi connectivity index (χ2n) is 6.96. The predicted molar refractivity (Wildman–Crippen MR) is 101 cm³/mol. The van der Waals surface area contributed by atoms with Crippen LogP contribution in [0.4, 0.5) is 5.95 Å². The molecule has 25 heavy (non-hydrogen) atoms. The monoisotopic (exact) mass is 341 g/mol. The van der Waals surface area contributed by atoms with Crippen molar-refractivity contribution in [3.8, 4) is 11.3 Å². The third-order valence-corrected chi connectivity index (χ3v) is 5.34. The van der Waals surface area contributed by atoms with Crippen LogP contribution in [0.25, 0.3) is 11.3 Å². The molecule has 0 spiro atoms. The molecule has 2 N–H and O–H groups in total. The number of benzene rings is 1. The lowest BCUT2D eigenvalue weighted by Crippen LogP contribution is -2.40. The van der Waals surface area contributed by atoms with E-state index in [0.29, 0.717) is 25.5 Å². The molecule has 1 aromatic carbocycles. The topological polar surface area (TPSA) is 67.2 Å². The van der Waals surface area contributed by atoms with Gasteiger partial charge in [0, 0.05) is 30.7 Å². The molecule has 0 radical (unpaired) electrons. The smallest absolute Gasteiger partial charge is 0.259 e. The molecule has 0 aliphatic heterocycles. The Kier molecular flexibility index (Phi) is 4.95. The van der Waals surface area contributed by atoms with Crippen molar-refractivity contribution in [1.82, 2.24) is 9.55 Å². The van der Waals surface area contributed by atoms with Gasteiger partial charge in [0.15, 0.2) is 0 Å². The van der Waals surface area contributed by atoms with Crippen LogP contribution in [0.3, 0.4) is 0 Å². The highest BCUT2D eigenvalue weighted by Crippen LogP contribution is 2.42. The van der Waals surface area contributed by atoms with E-state index in [1.165, 1.54) is 5.56 Å². The molecule has 1 aliphatic rings. The van der Waals surface area contributed by atoms with Gasteiger partial charge in [-0.1, -0.05) is 38.1 Å². The summed E-state index contributed by atoms with van der Waals surface area (Å²) < 4.78 is 1.72. The minimum absolute atomic E-state index is 0.0536. The van der Waals surface area contributed by atoms with Gasteiger partial charge in [0.1, 0.15) is 0 Å². The minimum atomic E-state index is -0.200. The Morgan fingerprint density at radius 3 is 2.76 bits per heavy atom. The molecule has 2 aromatic rings. The van der Waals surface area contributed by atoms with Crippen LogP contribution in [-0.4, -0.2) is 27.8 Å². The lowest BCUT2D eigenvalue weighted by molar-refractivity contribution is 0.292. The molecule has 0 bridgehead atoms. The summed E-state index contributed by atoms with van der Waals surface area (Å²) in [5.74, 6) is 0.592.